The summed E-state index contributed by atoms with van der Waals surface area (Å²) in [5.41, 5.74) is 7.34. The Kier molecular flexibility index (Phi) is 4.95. The number of hydrogen-bond donors (Lipinski definition) is 1. The molecule has 1 aliphatic rings. The average Bonchev–Trinajstić information content (AvgIpc) is 2.46. The summed E-state index contributed by atoms with van der Waals surface area (Å²) in [7, 11) is 0. The van der Waals surface area contributed by atoms with Crippen molar-refractivity contribution in [3.8, 4) is 0 Å². The van der Waals surface area contributed by atoms with Crippen LogP contribution < -0.4 is 5.73 Å². The first-order valence-corrected chi connectivity index (χ1v) is 7.53. The van der Waals surface area contributed by atoms with E-state index in [1.54, 1.807) is 18.0 Å². The van der Waals surface area contributed by atoms with E-state index in [0.29, 0.717) is 30.2 Å². The topological polar surface area (TPSA) is 89.2 Å². The van der Waals surface area contributed by atoms with Gasteiger partial charge < -0.3 is 10.6 Å². The van der Waals surface area contributed by atoms with Crippen LogP contribution in [0.2, 0.25) is 0 Å². The van der Waals surface area contributed by atoms with Gasteiger partial charge in [-0.3, -0.25) is 9.59 Å². The minimum atomic E-state index is 0.152. The quantitative estimate of drug-likeness (QED) is 0.856. The molecule has 1 saturated heterocycles. The van der Waals surface area contributed by atoms with E-state index in [1.165, 1.54) is 11.8 Å². The Morgan fingerprint density at radius 2 is 2.29 bits per heavy atom. The zero-order chi connectivity index (χ0) is 15.4. The molecule has 2 rings (SSSR count). The van der Waals surface area contributed by atoms with E-state index in [-0.39, 0.29) is 5.12 Å². The highest BCUT2D eigenvalue weighted by Crippen LogP contribution is 2.33. The smallest absolute Gasteiger partial charge is 0.214 e. The number of aromatic nitrogens is 2. The Balaban J connectivity index is 2.21. The van der Waals surface area contributed by atoms with Gasteiger partial charge in [-0.15, -0.1) is 0 Å². The molecule has 0 aliphatic carbocycles. The Morgan fingerprint density at radius 1 is 1.52 bits per heavy atom. The SMILES string of the molecule is C/C(=C1\CCCC(=O)S1)N(C=O)Cc1cnc(C)nc1N. The highest BCUT2D eigenvalue weighted by atomic mass is 32.2. The van der Waals surface area contributed by atoms with E-state index in [9.17, 15) is 9.59 Å². The third-order valence-corrected chi connectivity index (χ3v) is 4.52. The molecule has 1 aromatic heterocycles. The van der Waals surface area contributed by atoms with Gasteiger partial charge in [0.15, 0.2) is 5.12 Å². The second-order valence-corrected chi connectivity index (χ2v) is 6.05. The largest absolute Gasteiger partial charge is 0.383 e. The van der Waals surface area contributed by atoms with Crippen LogP contribution in [0.3, 0.4) is 0 Å². The third kappa shape index (κ3) is 3.81. The second-order valence-electron chi connectivity index (χ2n) is 4.90. The van der Waals surface area contributed by atoms with Crippen LogP contribution >= 0.6 is 11.8 Å². The van der Waals surface area contributed by atoms with Gasteiger partial charge in [0.1, 0.15) is 11.6 Å². The van der Waals surface area contributed by atoms with E-state index < -0.39 is 0 Å². The predicted molar refractivity (Wildman–Crippen MR) is 81.9 cm³/mol. The number of thioether (sulfide) groups is 1. The summed E-state index contributed by atoms with van der Waals surface area (Å²) in [6.45, 7) is 3.91. The van der Waals surface area contributed by atoms with Crippen LogP contribution in [0.25, 0.3) is 0 Å². The first kappa shape index (κ1) is 15.5. The minimum absolute atomic E-state index is 0.152. The molecule has 0 bridgehead atoms. The number of hydrogen-bond acceptors (Lipinski definition) is 6. The number of allylic oxidation sites excluding steroid dienone is 2. The lowest BCUT2D eigenvalue weighted by Gasteiger charge is -2.23. The van der Waals surface area contributed by atoms with Crippen molar-refractivity contribution < 1.29 is 9.59 Å². The van der Waals surface area contributed by atoms with E-state index in [4.69, 9.17) is 5.73 Å². The van der Waals surface area contributed by atoms with Crippen molar-refractivity contribution in [2.75, 3.05) is 5.73 Å². The number of carbonyl (C=O) groups is 2. The Bertz CT molecular complexity index is 601. The zero-order valence-corrected chi connectivity index (χ0v) is 12.9. The van der Waals surface area contributed by atoms with Crippen LogP contribution in [-0.2, 0) is 16.1 Å². The van der Waals surface area contributed by atoms with Gasteiger partial charge in [0.25, 0.3) is 0 Å². The number of rotatable bonds is 4. The number of aryl methyl sites for hydroxylation is 1. The molecule has 2 heterocycles. The van der Waals surface area contributed by atoms with Crippen LogP contribution in [0.1, 0.15) is 37.6 Å². The van der Waals surface area contributed by atoms with Gasteiger partial charge in [-0.25, -0.2) is 9.97 Å². The summed E-state index contributed by atoms with van der Waals surface area (Å²) in [6.07, 6.45) is 4.64. The summed E-state index contributed by atoms with van der Waals surface area (Å²) in [4.78, 5) is 33.6. The van der Waals surface area contributed by atoms with Gasteiger partial charge in [0, 0.05) is 28.8 Å². The zero-order valence-electron chi connectivity index (χ0n) is 12.1. The number of nitrogen functional groups attached to an aromatic ring is 1. The van der Waals surface area contributed by atoms with Crippen molar-refractivity contribution in [1.82, 2.24) is 14.9 Å². The Morgan fingerprint density at radius 3 is 2.90 bits per heavy atom. The van der Waals surface area contributed by atoms with Crippen LogP contribution in [0.5, 0.6) is 0 Å². The van der Waals surface area contributed by atoms with Crippen LogP contribution in [-0.4, -0.2) is 26.4 Å². The fourth-order valence-corrected chi connectivity index (χ4v) is 3.13. The predicted octanol–water partition coefficient (Wildman–Crippen LogP) is 2.00. The highest BCUT2D eigenvalue weighted by molar-refractivity contribution is 8.17. The van der Waals surface area contributed by atoms with E-state index in [0.717, 1.165) is 29.9 Å². The second kappa shape index (κ2) is 6.71. The van der Waals surface area contributed by atoms with Crippen LogP contribution in [0.4, 0.5) is 5.82 Å². The van der Waals surface area contributed by atoms with Crippen molar-refractivity contribution in [2.24, 2.45) is 0 Å². The first-order chi connectivity index (χ1) is 10.0. The van der Waals surface area contributed by atoms with Crippen molar-refractivity contribution in [3.05, 3.63) is 28.2 Å². The van der Waals surface area contributed by atoms with Crippen molar-refractivity contribution in [2.45, 2.75) is 39.7 Å². The molecule has 112 valence electrons. The molecule has 1 aromatic rings. The Labute approximate surface area is 127 Å². The van der Waals surface area contributed by atoms with Crippen LogP contribution in [0, 0.1) is 6.92 Å². The van der Waals surface area contributed by atoms with E-state index >= 15 is 0 Å². The van der Waals surface area contributed by atoms with E-state index in [2.05, 4.69) is 9.97 Å². The fraction of sp³-hybridized carbons (Fsp3) is 0.429. The van der Waals surface area contributed by atoms with Crippen molar-refractivity contribution >= 4 is 29.1 Å². The molecule has 21 heavy (non-hydrogen) atoms. The monoisotopic (exact) mass is 306 g/mol. The fourth-order valence-electron chi connectivity index (χ4n) is 2.10. The summed E-state index contributed by atoms with van der Waals surface area (Å²) in [6, 6.07) is 0. The molecular weight excluding hydrogens is 288 g/mol. The summed E-state index contributed by atoms with van der Waals surface area (Å²) in [5, 5.41) is 0.152. The maximum atomic E-state index is 11.5. The van der Waals surface area contributed by atoms with Crippen molar-refractivity contribution in [3.63, 3.8) is 0 Å². The molecule has 1 fully saturated rings. The average molecular weight is 306 g/mol. The molecule has 1 aliphatic heterocycles. The van der Waals surface area contributed by atoms with Crippen molar-refractivity contribution in [1.29, 1.82) is 0 Å². The highest BCUT2D eigenvalue weighted by Gasteiger charge is 2.19. The Hall–Kier alpha value is -1.89. The normalized spacial score (nSPS) is 17.5. The maximum Gasteiger partial charge on any atom is 0.214 e. The third-order valence-electron chi connectivity index (χ3n) is 3.34. The first-order valence-electron chi connectivity index (χ1n) is 6.71. The molecule has 1 amide bonds. The van der Waals surface area contributed by atoms with Crippen LogP contribution in [0.15, 0.2) is 16.8 Å². The van der Waals surface area contributed by atoms with Gasteiger partial charge in [0.05, 0.1) is 6.54 Å². The summed E-state index contributed by atoms with van der Waals surface area (Å²) in [5.74, 6) is 0.969. The lowest BCUT2D eigenvalue weighted by molar-refractivity contribution is -0.117. The maximum absolute atomic E-state index is 11.5. The standard InChI is InChI=1S/C14H18N4O2S/c1-9(12-4-3-5-13(20)21-12)18(8-19)7-11-6-16-10(2)17-14(11)15/h6,8H,3-5,7H2,1-2H3,(H2,15,16,17)/b12-9-. The summed E-state index contributed by atoms with van der Waals surface area (Å²) >= 11 is 1.23. The summed E-state index contributed by atoms with van der Waals surface area (Å²) < 4.78 is 0. The number of nitrogens with zero attached hydrogens (tertiary/aromatic N) is 3. The molecule has 6 nitrogen and oxygen atoms in total. The van der Waals surface area contributed by atoms with Gasteiger partial charge >= 0.3 is 0 Å². The lowest BCUT2D eigenvalue weighted by atomic mass is 10.2. The van der Waals surface area contributed by atoms with Gasteiger partial charge in [-0.1, -0.05) is 11.8 Å². The lowest BCUT2D eigenvalue weighted by Crippen LogP contribution is -2.22. The molecule has 0 atom stereocenters. The molecule has 0 unspecified atom stereocenters. The number of anilines is 1. The minimum Gasteiger partial charge on any atom is -0.383 e. The number of carbonyl (C=O) groups excluding carboxylic acids is 2. The molecule has 0 radical (unpaired) electrons. The van der Waals surface area contributed by atoms with Gasteiger partial charge in [-0.05, 0) is 26.7 Å². The molecule has 0 spiro atoms. The molecule has 7 heteroatoms. The number of nitrogens with two attached hydrogens (primary N) is 1. The molecular formula is C14H18N4O2S. The molecule has 0 saturated carbocycles. The molecule has 0 aromatic carbocycles. The van der Waals surface area contributed by atoms with Gasteiger partial charge in [-0.2, -0.15) is 0 Å². The van der Waals surface area contributed by atoms with Gasteiger partial charge in [0.2, 0.25) is 6.41 Å². The van der Waals surface area contributed by atoms with E-state index in [1.807, 2.05) is 6.92 Å². The molecule has 2 N–H and O–H groups in total. The number of amides is 1.